The van der Waals surface area contributed by atoms with Crippen molar-refractivity contribution in [1.82, 2.24) is 19.5 Å². The number of rotatable bonds is 8. The van der Waals surface area contributed by atoms with Gasteiger partial charge in [-0.15, -0.1) is 0 Å². The maximum atomic E-state index is 12.5. The van der Waals surface area contributed by atoms with E-state index in [9.17, 15) is 9.90 Å². The molecule has 40 heavy (non-hydrogen) atoms. The summed E-state index contributed by atoms with van der Waals surface area (Å²) in [4.78, 5) is 29.1. The molecule has 0 bridgehead atoms. The maximum absolute atomic E-state index is 12.5. The molecule has 0 saturated carbocycles. The van der Waals surface area contributed by atoms with Gasteiger partial charge in [0.15, 0.2) is 22.8 Å². The summed E-state index contributed by atoms with van der Waals surface area (Å²) in [6.07, 6.45) is 5.18. The SMILES string of the molecule is O=C(Nc1ccc(CO)cc1)Nc1ccc(-c2nc(N3CCOCC3)c3ncn(CCC4OC=CO4)c3n2)cc1. The lowest BCUT2D eigenvalue weighted by Gasteiger charge is -2.28. The van der Waals surface area contributed by atoms with Crippen molar-refractivity contribution >= 4 is 34.4 Å². The highest BCUT2D eigenvalue weighted by Gasteiger charge is 2.22. The van der Waals surface area contributed by atoms with Crippen LogP contribution in [0.2, 0.25) is 0 Å². The zero-order chi connectivity index (χ0) is 27.3. The molecule has 12 heteroatoms. The van der Waals surface area contributed by atoms with Crippen molar-refractivity contribution in [1.29, 1.82) is 0 Å². The number of urea groups is 1. The molecule has 3 N–H and O–H groups in total. The fourth-order valence-corrected chi connectivity index (χ4v) is 4.56. The number of hydrogen-bond acceptors (Lipinski definition) is 9. The molecule has 6 rings (SSSR count). The van der Waals surface area contributed by atoms with Crippen molar-refractivity contribution in [2.75, 3.05) is 41.8 Å². The lowest BCUT2D eigenvalue weighted by Crippen LogP contribution is -2.37. The predicted molar refractivity (Wildman–Crippen MR) is 149 cm³/mol. The van der Waals surface area contributed by atoms with E-state index in [1.54, 1.807) is 43.1 Å². The van der Waals surface area contributed by atoms with E-state index >= 15 is 0 Å². The summed E-state index contributed by atoms with van der Waals surface area (Å²) in [5.74, 6) is 1.33. The first kappa shape index (κ1) is 25.6. The number of nitrogens with one attached hydrogen (secondary N) is 2. The van der Waals surface area contributed by atoms with Gasteiger partial charge in [-0.25, -0.2) is 19.7 Å². The average molecular weight is 544 g/mol. The molecule has 1 fully saturated rings. The number of anilines is 3. The van der Waals surface area contributed by atoms with Crippen molar-refractivity contribution < 1.29 is 24.1 Å². The van der Waals surface area contributed by atoms with Gasteiger partial charge in [-0.3, -0.25) is 0 Å². The minimum absolute atomic E-state index is 0.0478. The van der Waals surface area contributed by atoms with Gasteiger partial charge in [0.05, 0.1) is 26.1 Å². The van der Waals surface area contributed by atoms with Crippen LogP contribution in [-0.4, -0.2) is 63.2 Å². The minimum atomic E-state index is -0.369. The topological polar surface area (TPSA) is 136 Å². The van der Waals surface area contributed by atoms with E-state index < -0.39 is 0 Å². The summed E-state index contributed by atoms with van der Waals surface area (Å²) in [5, 5.41) is 14.8. The Morgan fingerprint density at radius 2 is 1.62 bits per heavy atom. The average Bonchev–Trinajstić information content (AvgIpc) is 3.67. The maximum Gasteiger partial charge on any atom is 0.323 e. The standard InChI is InChI=1S/C28H29N7O5/c36-17-19-1-5-21(6-2-19)30-28(37)31-22-7-3-20(4-8-22)25-32-26(34-11-13-38-14-12-34)24-27(33-25)35(18-29-24)10-9-23-39-15-16-40-23/h1-8,15-16,18,23,36H,9-14,17H2,(H2,30,31,37). The Hall–Kier alpha value is -4.68. The summed E-state index contributed by atoms with van der Waals surface area (Å²) in [6, 6.07) is 14.0. The number of aryl methyl sites for hydroxylation is 1. The number of benzene rings is 2. The molecule has 2 amide bonds. The van der Waals surface area contributed by atoms with Crippen LogP contribution in [0.1, 0.15) is 12.0 Å². The first-order valence-electron chi connectivity index (χ1n) is 13.1. The summed E-state index contributed by atoms with van der Waals surface area (Å²) < 4.78 is 18.4. The molecule has 2 aromatic carbocycles. The normalized spacial score (nSPS) is 15.2. The van der Waals surface area contributed by atoms with E-state index in [4.69, 9.17) is 24.2 Å². The number of nitrogens with zero attached hydrogens (tertiary/aromatic N) is 5. The molecule has 0 aliphatic carbocycles. The number of aromatic nitrogens is 4. The van der Waals surface area contributed by atoms with Gasteiger partial charge in [-0.05, 0) is 42.0 Å². The van der Waals surface area contributed by atoms with Crippen molar-refractivity contribution in [3.05, 3.63) is 72.9 Å². The van der Waals surface area contributed by atoms with Gasteiger partial charge in [0.2, 0.25) is 6.29 Å². The highest BCUT2D eigenvalue weighted by Crippen LogP contribution is 2.28. The summed E-state index contributed by atoms with van der Waals surface area (Å²) in [7, 11) is 0. The summed E-state index contributed by atoms with van der Waals surface area (Å²) >= 11 is 0. The molecule has 0 radical (unpaired) electrons. The zero-order valence-corrected chi connectivity index (χ0v) is 21.7. The number of aliphatic hydroxyl groups is 1. The number of imidazole rings is 1. The fourth-order valence-electron chi connectivity index (χ4n) is 4.56. The highest BCUT2D eigenvalue weighted by molar-refractivity contribution is 5.99. The van der Waals surface area contributed by atoms with Crippen LogP contribution in [0.15, 0.2) is 67.4 Å². The quantitative estimate of drug-likeness (QED) is 0.304. The number of ether oxygens (including phenoxy) is 3. The molecule has 2 aromatic heterocycles. The Bertz CT molecular complexity index is 1490. The lowest BCUT2D eigenvalue weighted by atomic mass is 10.2. The van der Waals surface area contributed by atoms with E-state index in [1.807, 2.05) is 28.8 Å². The van der Waals surface area contributed by atoms with Gasteiger partial charge in [-0.1, -0.05) is 12.1 Å². The third kappa shape index (κ3) is 5.67. The summed E-state index contributed by atoms with van der Waals surface area (Å²) in [6.45, 7) is 3.25. The second-order valence-electron chi connectivity index (χ2n) is 9.35. The number of amides is 2. The Balaban J connectivity index is 1.22. The lowest BCUT2D eigenvalue weighted by molar-refractivity contribution is -0.0304. The van der Waals surface area contributed by atoms with E-state index in [0.717, 1.165) is 28.1 Å². The minimum Gasteiger partial charge on any atom is -0.459 e. The molecule has 4 heterocycles. The highest BCUT2D eigenvalue weighted by atomic mass is 16.7. The van der Waals surface area contributed by atoms with E-state index in [0.29, 0.717) is 56.5 Å². The third-order valence-corrected chi connectivity index (χ3v) is 6.67. The van der Waals surface area contributed by atoms with Gasteiger partial charge in [0, 0.05) is 43.0 Å². The molecule has 12 nitrogen and oxygen atoms in total. The number of carbonyl (C=O) groups excluding carboxylic acids is 1. The number of hydrogen-bond donors (Lipinski definition) is 3. The Morgan fingerprint density at radius 3 is 2.30 bits per heavy atom. The van der Waals surface area contributed by atoms with Crippen molar-refractivity contribution in [3.63, 3.8) is 0 Å². The third-order valence-electron chi connectivity index (χ3n) is 6.67. The van der Waals surface area contributed by atoms with E-state index in [-0.39, 0.29) is 18.9 Å². The fraction of sp³-hybridized carbons (Fsp3) is 0.286. The largest absolute Gasteiger partial charge is 0.459 e. The van der Waals surface area contributed by atoms with E-state index in [2.05, 4.69) is 20.5 Å². The van der Waals surface area contributed by atoms with Crippen LogP contribution in [0.4, 0.5) is 22.0 Å². The van der Waals surface area contributed by atoms with Crippen LogP contribution in [0.3, 0.4) is 0 Å². The number of aliphatic hydroxyl groups excluding tert-OH is 1. The van der Waals surface area contributed by atoms with Crippen LogP contribution in [-0.2, 0) is 27.4 Å². The van der Waals surface area contributed by atoms with Crippen LogP contribution in [0.5, 0.6) is 0 Å². The zero-order valence-electron chi connectivity index (χ0n) is 21.7. The second kappa shape index (κ2) is 11.6. The molecule has 0 unspecified atom stereocenters. The van der Waals surface area contributed by atoms with Crippen molar-refractivity contribution in [2.24, 2.45) is 0 Å². The molecule has 1 saturated heterocycles. The Morgan fingerprint density at radius 1 is 0.950 bits per heavy atom. The van der Waals surface area contributed by atoms with Crippen molar-refractivity contribution in [3.8, 4) is 11.4 Å². The summed E-state index contributed by atoms with van der Waals surface area (Å²) in [5.41, 5.74) is 4.29. The first-order chi connectivity index (χ1) is 19.7. The van der Waals surface area contributed by atoms with Gasteiger partial charge < -0.3 is 39.4 Å². The van der Waals surface area contributed by atoms with Crippen LogP contribution in [0, 0.1) is 0 Å². The monoisotopic (exact) mass is 543 g/mol. The van der Waals surface area contributed by atoms with Crippen LogP contribution >= 0.6 is 0 Å². The number of fused-ring (bicyclic) bond motifs is 1. The van der Waals surface area contributed by atoms with Crippen LogP contribution < -0.4 is 15.5 Å². The molecule has 4 aromatic rings. The molecule has 2 aliphatic heterocycles. The smallest absolute Gasteiger partial charge is 0.323 e. The Labute approximate surface area is 230 Å². The number of carbonyl (C=O) groups is 1. The Kier molecular flexibility index (Phi) is 7.42. The molecule has 0 atom stereocenters. The van der Waals surface area contributed by atoms with Gasteiger partial charge in [0.1, 0.15) is 12.5 Å². The molecular formula is C28H29N7O5. The molecule has 2 aliphatic rings. The van der Waals surface area contributed by atoms with Gasteiger partial charge in [0.25, 0.3) is 0 Å². The number of morpholine rings is 1. The van der Waals surface area contributed by atoms with E-state index in [1.165, 1.54) is 0 Å². The predicted octanol–water partition coefficient (Wildman–Crippen LogP) is 3.70. The van der Waals surface area contributed by atoms with Gasteiger partial charge >= 0.3 is 6.03 Å². The molecule has 206 valence electrons. The van der Waals surface area contributed by atoms with Gasteiger partial charge in [-0.2, -0.15) is 0 Å². The molecular weight excluding hydrogens is 514 g/mol. The molecule has 0 spiro atoms. The second-order valence-corrected chi connectivity index (χ2v) is 9.35. The van der Waals surface area contributed by atoms with Crippen LogP contribution in [0.25, 0.3) is 22.6 Å². The first-order valence-corrected chi connectivity index (χ1v) is 13.1. The van der Waals surface area contributed by atoms with Crippen molar-refractivity contribution in [2.45, 2.75) is 25.9 Å².